The first kappa shape index (κ1) is 10.5. The van der Waals surface area contributed by atoms with Crippen LogP contribution in [0.25, 0.3) is 22.6 Å². The Balaban J connectivity index is 2.15. The van der Waals surface area contributed by atoms with Crippen LogP contribution in [-0.4, -0.2) is 10.1 Å². The highest BCUT2D eigenvalue weighted by atomic mass is 16.3. The van der Waals surface area contributed by atoms with Crippen molar-refractivity contribution in [3.63, 3.8) is 0 Å². The number of aliphatic hydroxyl groups excluding tert-OH is 1. The quantitative estimate of drug-likeness (QED) is 0.664. The summed E-state index contributed by atoms with van der Waals surface area (Å²) in [5.41, 5.74) is 4.33. The highest BCUT2D eigenvalue weighted by Crippen LogP contribution is 2.43. The molecule has 3 heteroatoms. The van der Waals surface area contributed by atoms with E-state index < -0.39 is 6.10 Å². The summed E-state index contributed by atoms with van der Waals surface area (Å²) in [7, 11) is 0. The number of aromatic nitrogens is 1. The van der Waals surface area contributed by atoms with Crippen molar-refractivity contribution in [2.24, 2.45) is 0 Å². The highest BCUT2D eigenvalue weighted by molar-refractivity contribution is 5.83. The Labute approximate surface area is 110 Å². The minimum Gasteiger partial charge on any atom is -0.443 e. The lowest BCUT2D eigenvalue weighted by atomic mass is 9.97. The van der Waals surface area contributed by atoms with Crippen molar-refractivity contribution >= 4 is 0 Å². The monoisotopic (exact) mass is 249 g/mol. The van der Waals surface area contributed by atoms with Crippen molar-refractivity contribution in [1.29, 1.82) is 0 Å². The van der Waals surface area contributed by atoms with Crippen LogP contribution in [0.15, 0.2) is 59.3 Å². The first-order valence-corrected chi connectivity index (χ1v) is 6.16. The van der Waals surface area contributed by atoms with Gasteiger partial charge in [-0.25, -0.2) is 4.98 Å². The first-order valence-electron chi connectivity index (χ1n) is 6.16. The second-order valence-electron chi connectivity index (χ2n) is 4.61. The largest absolute Gasteiger partial charge is 0.443 e. The molecule has 3 nitrogen and oxygen atoms in total. The van der Waals surface area contributed by atoms with Gasteiger partial charge in [-0.2, -0.15) is 0 Å². The fourth-order valence-corrected chi connectivity index (χ4v) is 2.69. The molecule has 1 N–H and O–H groups in total. The third kappa shape index (κ3) is 1.39. The molecule has 0 amide bonds. The van der Waals surface area contributed by atoms with Crippen molar-refractivity contribution in [1.82, 2.24) is 4.98 Å². The van der Waals surface area contributed by atoms with Crippen molar-refractivity contribution < 1.29 is 9.52 Å². The maximum absolute atomic E-state index is 10.6. The van der Waals surface area contributed by atoms with E-state index in [0.717, 1.165) is 33.7 Å². The Morgan fingerprint density at radius 2 is 1.53 bits per heavy atom. The Bertz CT molecular complexity index is 699. The van der Waals surface area contributed by atoms with Crippen molar-refractivity contribution in [2.45, 2.75) is 6.10 Å². The van der Waals surface area contributed by atoms with Gasteiger partial charge in [0.2, 0.25) is 0 Å². The molecule has 1 unspecified atom stereocenters. The summed E-state index contributed by atoms with van der Waals surface area (Å²) in [5.74, 6) is 0.722. The maximum atomic E-state index is 10.6. The molecule has 1 heterocycles. The molecule has 0 fully saturated rings. The van der Waals surface area contributed by atoms with Crippen molar-refractivity contribution in [3.05, 3.63) is 66.1 Å². The zero-order chi connectivity index (χ0) is 12.8. The van der Waals surface area contributed by atoms with Crippen LogP contribution in [-0.2, 0) is 0 Å². The van der Waals surface area contributed by atoms with E-state index >= 15 is 0 Å². The van der Waals surface area contributed by atoms with Crippen LogP contribution in [0.5, 0.6) is 0 Å². The van der Waals surface area contributed by atoms with E-state index in [9.17, 15) is 5.11 Å². The van der Waals surface area contributed by atoms with E-state index in [1.54, 1.807) is 0 Å². The normalized spacial score (nSPS) is 16.2. The summed E-state index contributed by atoms with van der Waals surface area (Å²) in [6.07, 6.45) is 0.799. The van der Waals surface area contributed by atoms with Gasteiger partial charge in [-0.3, -0.25) is 0 Å². The van der Waals surface area contributed by atoms with Gasteiger partial charge in [-0.15, -0.1) is 0 Å². The second-order valence-corrected chi connectivity index (χ2v) is 4.61. The van der Waals surface area contributed by atoms with Gasteiger partial charge in [0, 0.05) is 11.1 Å². The molecule has 0 saturated heterocycles. The number of hydrogen-bond acceptors (Lipinski definition) is 3. The van der Waals surface area contributed by atoms with Gasteiger partial charge in [0.25, 0.3) is 0 Å². The van der Waals surface area contributed by atoms with Crippen molar-refractivity contribution in [2.75, 3.05) is 0 Å². The van der Waals surface area contributed by atoms with Gasteiger partial charge in [0.15, 0.2) is 12.2 Å². The zero-order valence-corrected chi connectivity index (χ0v) is 10.1. The molecule has 4 rings (SSSR count). The lowest BCUT2D eigenvalue weighted by Gasteiger charge is -2.13. The minimum atomic E-state index is -0.656. The van der Waals surface area contributed by atoms with Gasteiger partial charge in [-0.05, 0) is 11.1 Å². The van der Waals surface area contributed by atoms with Crippen LogP contribution in [0.1, 0.15) is 17.2 Å². The zero-order valence-electron chi connectivity index (χ0n) is 10.1. The fourth-order valence-electron chi connectivity index (χ4n) is 2.69. The van der Waals surface area contributed by atoms with Gasteiger partial charge in [0.05, 0.1) is 0 Å². The molecule has 1 atom stereocenters. The molecule has 92 valence electrons. The predicted molar refractivity (Wildman–Crippen MR) is 71.4 cm³/mol. The average molecular weight is 249 g/mol. The molecular formula is C16H11NO2. The molecule has 0 saturated carbocycles. The predicted octanol–water partition coefficient (Wildman–Crippen LogP) is 3.40. The Hall–Kier alpha value is -2.39. The summed E-state index contributed by atoms with van der Waals surface area (Å²) in [4.78, 5) is 4.31. The van der Waals surface area contributed by atoms with Crippen molar-refractivity contribution in [3.8, 4) is 22.6 Å². The summed E-state index contributed by atoms with van der Waals surface area (Å²) < 4.78 is 5.55. The van der Waals surface area contributed by atoms with Gasteiger partial charge < -0.3 is 9.52 Å². The maximum Gasteiger partial charge on any atom is 0.182 e. The number of fused-ring (bicyclic) bond motifs is 5. The van der Waals surface area contributed by atoms with E-state index in [2.05, 4.69) is 4.98 Å². The minimum absolute atomic E-state index is 0.656. The summed E-state index contributed by atoms with van der Waals surface area (Å²) in [6.45, 7) is 0. The molecule has 1 aliphatic carbocycles. The number of nitrogens with zero attached hydrogens (tertiary/aromatic N) is 1. The number of benzene rings is 2. The van der Waals surface area contributed by atoms with Crippen LogP contribution in [0, 0.1) is 0 Å². The Morgan fingerprint density at radius 1 is 0.895 bits per heavy atom. The fraction of sp³-hybridized carbons (Fsp3) is 0.0625. The molecule has 3 aromatic rings. The van der Waals surface area contributed by atoms with Crippen LogP contribution >= 0.6 is 0 Å². The molecule has 19 heavy (non-hydrogen) atoms. The lowest BCUT2D eigenvalue weighted by Crippen LogP contribution is -2.00. The first-order chi connectivity index (χ1) is 9.36. The smallest absolute Gasteiger partial charge is 0.182 e. The average Bonchev–Trinajstić information content (AvgIpc) is 2.92. The van der Waals surface area contributed by atoms with E-state index in [0.29, 0.717) is 0 Å². The van der Waals surface area contributed by atoms with E-state index in [-0.39, 0.29) is 0 Å². The van der Waals surface area contributed by atoms with E-state index in [1.807, 2.05) is 48.5 Å². The Morgan fingerprint density at radius 3 is 2.32 bits per heavy atom. The number of oxazole rings is 1. The van der Waals surface area contributed by atoms with Crippen LogP contribution in [0.2, 0.25) is 0 Å². The lowest BCUT2D eigenvalue weighted by molar-refractivity contribution is 0.221. The highest BCUT2D eigenvalue weighted by Gasteiger charge is 2.27. The van der Waals surface area contributed by atoms with E-state index in [4.69, 9.17) is 4.42 Å². The Kier molecular flexibility index (Phi) is 2.11. The van der Waals surface area contributed by atoms with E-state index in [1.165, 1.54) is 6.39 Å². The third-order valence-electron chi connectivity index (χ3n) is 3.58. The van der Waals surface area contributed by atoms with Crippen LogP contribution in [0.4, 0.5) is 0 Å². The SMILES string of the molecule is OC1c2ccccc2-c2ncoc2-c2ccccc21. The topological polar surface area (TPSA) is 46.3 Å². The van der Waals surface area contributed by atoms with Gasteiger partial charge in [0.1, 0.15) is 11.8 Å². The molecular weight excluding hydrogens is 238 g/mol. The number of rotatable bonds is 0. The number of hydrogen-bond donors (Lipinski definition) is 1. The molecule has 0 aliphatic heterocycles. The molecule has 0 spiro atoms. The summed E-state index contributed by atoms with van der Waals surface area (Å²) in [5, 5.41) is 10.6. The molecule has 1 aromatic heterocycles. The standard InChI is InChI=1S/C16H11NO2/c18-15-11-6-2-1-5-10(11)14-16(19-9-17-14)13-8-4-3-7-12(13)15/h1-9,15,18H. The van der Waals surface area contributed by atoms with Gasteiger partial charge in [-0.1, -0.05) is 48.5 Å². The molecule has 0 radical (unpaired) electrons. The molecule has 2 aromatic carbocycles. The van der Waals surface area contributed by atoms with Gasteiger partial charge >= 0.3 is 0 Å². The number of aliphatic hydroxyl groups is 1. The second kappa shape index (κ2) is 3.80. The van der Waals surface area contributed by atoms with Crippen LogP contribution < -0.4 is 0 Å². The molecule has 1 aliphatic rings. The third-order valence-corrected chi connectivity index (χ3v) is 3.58. The summed E-state index contributed by atoms with van der Waals surface area (Å²) in [6, 6.07) is 15.5. The molecule has 0 bridgehead atoms. The summed E-state index contributed by atoms with van der Waals surface area (Å²) >= 11 is 0. The van der Waals surface area contributed by atoms with Crippen LogP contribution in [0.3, 0.4) is 0 Å².